The van der Waals surface area contributed by atoms with E-state index in [0.717, 1.165) is 30.5 Å². The van der Waals surface area contributed by atoms with Gasteiger partial charge in [0, 0.05) is 23.9 Å². The fraction of sp³-hybridized carbons (Fsp3) is 0.312. The van der Waals surface area contributed by atoms with Gasteiger partial charge >= 0.3 is 5.97 Å². The van der Waals surface area contributed by atoms with Crippen molar-refractivity contribution in [3.05, 3.63) is 52.8 Å². The Morgan fingerprint density at radius 1 is 1.36 bits per heavy atom. The lowest BCUT2D eigenvalue weighted by atomic mass is 9.92. The second-order valence-corrected chi connectivity index (χ2v) is 5.47. The van der Waals surface area contributed by atoms with Crippen molar-refractivity contribution in [2.45, 2.75) is 25.3 Å². The quantitative estimate of drug-likeness (QED) is 0.907. The van der Waals surface area contributed by atoms with E-state index in [-0.39, 0.29) is 17.5 Å². The molecule has 6 nitrogen and oxygen atoms in total. The molecule has 1 aliphatic carbocycles. The molecule has 0 saturated heterocycles. The third-order valence-corrected chi connectivity index (χ3v) is 4.05. The lowest BCUT2D eigenvalue weighted by Crippen LogP contribution is -2.31. The smallest absolute Gasteiger partial charge is 0.335 e. The Bertz CT molecular complexity index is 736. The van der Waals surface area contributed by atoms with Crippen LogP contribution in [0.4, 0.5) is 0 Å². The van der Waals surface area contributed by atoms with Gasteiger partial charge in [-0.25, -0.2) is 4.79 Å². The van der Waals surface area contributed by atoms with Crippen LogP contribution in [-0.4, -0.2) is 26.8 Å². The Balaban J connectivity index is 1.81. The van der Waals surface area contributed by atoms with Crippen molar-refractivity contribution in [1.29, 1.82) is 0 Å². The number of aryl methyl sites for hydroxylation is 1. The molecule has 2 aromatic rings. The Morgan fingerprint density at radius 2 is 2.14 bits per heavy atom. The molecule has 114 valence electrons. The molecule has 1 aliphatic rings. The van der Waals surface area contributed by atoms with E-state index in [4.69, 9.17) is 5.11 Å². The molecule has 1 heterocycles. The molecule has 0 bridgehead atoms. The van der Waals surface area contributed by atoms with Gasteiger partial charge in [-0.1, -0.05) is 6.07 Å². The molecule has 22 heavy (non-hydrogen) atoms. The van der Waals surface area contributed by atoms with Gasteiger partial charge in [0.25, 0.3) is 5.91 Å². The fourth-order valence-corrected chi connectivity index (χ4v) is 2.89. The average Bonchev–Trinajstić information content (AvgIpc) is 2.90. The normalized spacial score (nSPS) is 16.9. The number of rotatable bonds is 3. The number of carbonyl (C=O) groups excluding carboxylic acids is 1. The summed E-state index contributed by atoms with van der Waals surface area (Å²) in [5, 5.41) is 16.2. The zero-order chi connectivity index (χ0) is 15.7. The van der Waals surface area contributed by atoms with Crippen molar-refractivity contribution in [3.63, 3.8) is 0 Å². The van der Waals surface area contributed by atoms with Gasteiger partial charge in [-0.2, -0.15) is 5.10 Å². The van der Waals surface area contributed by atoms with Gasteiger partial charge < -0.3 is 10.4 Å². The molecule has 1 amide bonds. The highest BCUT2D eigenvalue weighted by molar-refractivity contribution is 5.97. The second-order valence-electron chi connectivity index (χ2n) is 5.47. The highest BCUT2D eigenvalue weighted by Crippen LogP contribution is 2.29. The first kappa shape index (κ1) is 14.3. The lowest BCUT2D eigenvalue weighted by molar-refractivity contribution is 0.0697. The summed E-state index contributed by atoms with van der Waals surface area (Å²) in [5.41, 5.74) is 2.67. The van der Waals surface area contributed by atoms with E-state index in [2.05, 4.69) is 10.4 Å². The van der Waals surface area contributed by atoms with Crippen LogP contribution in [0.3, 0.4) is 0 Å². The lowest BCUT2D eigenvalue weighted by Gasteiger charge is -2.23. The minimum absolute atomic E-state index is 0.0709. The number of carboxylic acids is 1. The first-order valence-corrected chi connectivity index (χ1v) is 7.21. The van der Waals surface area contributed by atoms with Crippen LogP contribution in [0.2, 0.25) is 0 Å². The number of carboxylic acid groups (broad SMARTS) is 1. The molecule has 2 N–H and O–H groups in total. The van der Waals surface area contributed by atoms with Crippen molar-refractivity contribution in [3.8, 4) is 0 Å². The Labute approximate surface area is 127 Å². The predicted molar refractivity (Wildman–Crippen MR) is 79.8 cm³/mol. The fourth-order valence-electron chi connectivity index (χ4n) is 2.89. The summed E-state index contributed by atoms with van der Waals surface area (Å²) in [6.07, 6.45) is 4.62. The number of benzene rings is 1. The van der Waals surface area contributed by atoms with Gasteiger partial charge in [-0.3, -0.25) is 9.48 Å². The average molecular weight is 299 g/mol. The van der Waals surface area contributed by atoms with Gasteiger partial charge in [-0.05, 0) is 37.5 Å². The molecule has 1 unspecified atom stereocenters. The van der Waals surface area contributed by atoms with Crippen LogP contribution in [-0.2, 0) is 13.5 Å². The molecule has 0 fully saturated rings. The summed E-state index contributed by atoms with van der Waals surface area (Å²) < 4.78 is 1.85. The van der Waals surface area contributed by atoms with Crippen molar-refractivity contribution in [2.75, 3.05) is 0 Å². The molecular weight excluding hydrogens is 282 g/mol. The summed E-state index contributed by atoms with van der Waals surface area (Å²) in [5.74, 6) is -1.30. The van der Waals surface area contributed by atoms with Gasteiger partial charge in [0.05, 0.1) is 17.8 Å². The topological polar surface area (TPSA) is 84.2 Å². The number of aromatic carboxylic acids is 1. The Hall–Kier alpha value is -2.63. The standard InChI is InChI=1S/C16H17N3O3/c1-19-14-7-3-6-13(12(14)9-17-19)18-15(20)10-4-2-5-11(8-10)16(21)22/h2,4-5,8-9,13H,3,6-7H2,1H3,(H,18,20)(H,21,22). The molecule has 6 heteroatoms. The number of fused-ring (bicyclic) bond motifs is 1. The molecular formula is C16H17N3O3. The third kappa shape index (κ3) is 2.59. The van der Waals surface area contributed by atoms with Crippen LogP contribution < -0.4 is 5.32 Å². The Morgan fingerprint density at radius 3 is 2.91 bits per heavy atom. The van der Waals surface area contributed by atoms with Crippen LogP contribution in [0.15, 0.2) is 30.5 Å². The molecule has 0 spiro atoms. The van der Waals surface area contributed by atoms with E-state index in [0.29, 0.717) is 5.56 Å². The minimum atomic E-state index is -1.04. The minimum Gasteiger partial charge on any atom is -0.478 e. The number of nitrogens with zero attached hydrogens (tertiary/aromatic N) is 2. The summed E-state index contributed by atoms with van der Waals surface area (Å²) in [6.45, 7) is 0. The van der Waals surface area contributed by atoms with E-state index < -0.39 is 5.97 Å². The Kier molecular flexibility index (Phi) is 3.66. The maximum Gasteiger partial charge on any atom is 0.335 e. The number of nitrogens with one attached hydrogen (secondary N) is 1. The maximum atomic E-state index is 12.4. The van der Waals surface area contributed by atoms with Gasteiger partial charge in [0.1, 0.15) is 0 Å². The van der Waals surface area contributed by atoms with Crippen LogP contribution >= 0.6 is 0 Å². The van der Waals surface area contributed by atoms with E-state index in [1.807, 2.05) is 11.7 Å². The predicted octanol–water partition coefficient (Wildman–Crippen LogP) is 1.93. The first-order chi connectivity index (χ1) is 10.6. The van der Waals surface area contributed by atoms with E-state index in [1.165, 1.54) is 12.1 Å². The number of hydrogen-bond acceptors (Lipinski definition) is 3. The molecule has 0 saturated carbocycles. The van der Waals surface area contributed by atoms with Crippen molar-refractivity contribution < 1.29 is 14.7 Å². The second kappa shape index (κ2) is 5.63. The zero-order valence-corrected chi connectivity index (χ0v) is 12.2. The number of amides is 1. The first-order valence-electron chi connectivity index (χ1n) is 7.21. The molecule has 1 atom stereocenters. The van der Waals surface area contributed by atoms with Crippen LogP contribution in [0.25, 0.3) is 0 Å². The molecule has 1 aromatic carbocycles. The van der Waals surface area contributed by atoms with Crippen molar-refractivity contribution in [1.82, 2.24) is 15.1 Å². The largest absolute Gasteiger partial charge is 0.478 e. The van der Waals surface area contributed by atoms with Crippen LogP contribution in [0.1, 0.15) is 50.9 Å². The summed E-state index contributed by atoms with van der Waals surface area (Å²) in [4.78, 5) is 23.4. The maximum absolute atomic E-state index is 12.4. The van der Waals surface area contributed by atoms with Crippen LogP contribution in [0, 0.1) is 0 Å². The molecule has 0 radical (unpaired) electrons. The van der Waals surface area contributed by atoms with Gasteiger partial charge in [0.15, 0.2) is 0 Å². The SMILES string of the molecule is Cn1ncc2c1CCCC2NC(=O)c1cccc(C(=O)O)c1. The summed E-state index contributed by atoms with van der Waals surface area (Å²) in [6, 6.07) is 5.99. The third-order valence-electron chi connectivity index (χ3n) is 4.05. The van der Waals surface area contributed by atoms with E-state index in [9.17, 15) is 9.59 Å². The number of hydrogen-bond donors (Lipinski definition) is 2. The number of carbonyl (C=O) groups is 2. The van der Waals surface area contributed by atoms with Crippen molar-refractivity contribution in [2.24, 2.45) is 7.05 Å². The van der Waals surface area contributed by atoms with E-state index in [1.54, 1.807) is 18.3 Å². The zero-order valence-electron chi connectivity index (χ0n) is 12.2. The van der Waals surface area contributed by atoms with Crippen molar-refractivity contribution >= 4 is 11.9 Å². The monoisotopic (exact) mass is 299 g/mol. The van der Waals surface area contributed by atoms with Crippen LogP contribution in [0.5, 0.6) is 0 Å². The molecule has 1 aromatic heterocycles. The summed E-state index contributed by atoms with van der Waals surface area (Å²) >= 11 is 0. The van der Waals surface area contributed by atoms with Gasteiger partial charge in [0.2, 0.25) is 0 Å². The van der Waals surface area contributed by atoms with Gasteiger partial charge in [-0.15, -0.1) is 0 Å². The summed E-state index contributed by atoms with van der Waals surface area (Å²) in [7, 11) is 1.90. The molecule has 0 aliphatic heterocycles. The highest BCUT2D eigenvalue weighted by atomic mass is 16.4. The molecule has 3 rings (SSSR count). The van der Waals surface area contributed by atoms with E-state index >= 15 is 0 Å². The number of aromatic nitrogens is 2. The highest BCUT2D eigenvalue weighted by Gasteiger charge is 2.25.